The van der Waals surface area contributed by atoms with Crippen molar-refractivity contribution in [1.82, 2.24) is 4.72 Å². The molecule has 1 saturated carbocycles. The predicted octanol–water partition coefficient (Wildman–Crippen LogP) is -0.710. The van der Waals surface area contributed by atoms with Crippen molar-refractivity contribution in [2.75, 3.05) is 26.0 Å². The summed E-state index contributed by atoms with van der Waals surface area (Å²) >= 11 is 0. The van der Waals surface area contributed by atoms with Crippen LogP contribution in [0.4, 0.5) is 0 Å². The van der Waals surface area contributed by atoms with Crippen molar-refractivity contribution in [3.05, 3.63) is 0 Å². The van der Waals surface area contributed by atoms with Crippen molar-refractivity contribution >= 4 is 10.0 Å². The Morgan fingerprint density at radius 3 is 2.64 bits per heavy atom. The Hall–Kier alpha value is -0.170. The van der Waals surface area contributed by atoms with Crippen LogP contribution in [0.15, 0.2) is 0 Å². The van der Waals surface area contributed by atoms with E-state index in [4.69, 9.17) is 10.5 Å². The Labute approximate surface area is 85.1 Å². The minimum Gasteiger partial charge on any atom is -0.383 e. The number of nitrogens with one attached hydrogen (secondary N) is 1. The molecule has 1 atom stereocenters. The molecule has 0 heterocycles. The van der Waals surface area contributed by atoms with Crippen molar-refractivity contribution in [3.8, 4) is 0 Å². The molecule has 0 aromatic carbocycles. The van der Waals surface area contributed by atoms with E-state index in [2.05, 4.69) is 4.72 Å². The SMILES string of the molecule is COCC(CN)NS(=O)(=O)CC1CC1. The van der Waals surface area contributed by atoms with Gasteiger partial charge in [0.25, 0.3) is 0 Å². The summed E-state index contributed by atoms with van der Waals surface area (Å²) < 4.78 is 30.4. The van der Waals surface area contributed by atoms with Gasteiger partial charge in [0.1, 0.15) is 0 Å². The number of ether oxygens (including phenoxy) is 1. The second kappa shape index (κ2) is 5.06. The van der Waals surface area contributed by atoms with E-state index in [9.17, 15) is 8.42 Å². The minimum atomic E-state index is -3.16. The van der Waals surface area contributed by atoms with E-state index < -0.39 is 10.0 Å². The number of rotatable bonds is 7. The van der Waals surface area contributed by atoms with Gasteiger partial charge < -0.3 is 10.5 Å². The summed E-state index contributed by atoms with van der Waals surface area (Å²) in [7, 11) is -1.64. The molecular formula is C8H18N2O3S. The molecule has 0 aliphatic heterocycles. The average Bonchev–Trinajstić information content (AvgIpc) is 2.86. The van der Waals surface area contributed by atoms with E-state index in [1.807, 2.05) is 0 Å². The smallest absolute Gasteiger partial charge is 0.212 e. The van der Waals surface area contributed by atoms with Gasteiger partial charge in [-0.2, -0.15) is 0 Å². The van der Waals surface area contributed by atoms with Gasteiger partial charge in [-0.25, -0.2) is 13.1 Å². The molecule has 6 heteroatoms. The van der Waals surface area contributed by atoms with Crippen molar-refractivity contribution in [2.45, 2.75) is 18.9 Å². The molecule has 0 radical (unpaired) electrons. The number of sulfonamides is 1. The van der Waals surface area contributed by atoms with Crippen LogP contribution in [0, 0.1) is 5.92 Å². The van der Waals surface area contributed by atoms with E-state index in [-0.39, 0.29) is 18.3 Å². The number of methoxy groups -OCH3 is 1. The van der Waals surface area contributed by atoms with Gasteiger partial charge in [-0.1, -0.05) is 0 Å². The molecule has 0 saturated heterocycles. The van der Waals surface area contributed by atoms with Crippen LogP contribution in [-0.2, 0) is 14.8 Å². The largest absolute Gasteiger partial charge is 0.383 e. The molecule has 0 aromatic heterocycles. The van der Waals surface area contributed by atoms with Crippen LogP contribution in [0.3, 0.4) is 0 Å². The molecule has 0 spiro atoms. The zero-order valence-corrected chi connectivity index (χ0v) is 9.22. The first-order chi connectivity index (χ1) is 6.57. The monoisotopic (exact) mass is 222 g/mol. The maximum absolute atomic E-state index is 11.5. The highest BCUT2D eigenvalue weighted by Crippen LogP contribution is 2.29. The Kier molecular flexibility index (Phi) is 4.31. The molecule has 0 bridgehead atoms. The highest BCUT2D eigenvalue weighted by atomic mass is 32.2. The van der Waals surface area contributed by atoms with Gasteiger partial charge in [-0.05, 0) is 18.8 Å². The Bertz CT molecular complexity index is 262. The van der Waals surface area contributed by atoms with Crippen LogP contribution in [0.25, 0.3) is 0 Å². The van der Waals surface area contributed by atoms with E-state index in [1.54, 1.807) is 0 Å². The quantitative estimate of drug-likeness (QED) is 0.596. The lowest BCUT2D eigenvalue weighted by atomic mass is 10.3. The maximum Gasteiger partial charge on any atom is 0.212 e. The summed E-state index contributed by atoms with van der Waals surface area (Å²) in [5.41, 5.74) is 5.41. The summed E-state index contributed by atoms with van der Waals surface area (Å²) in [4.78, 5) is 0. The van der Waals surface area contributed by atoms with Crippen molar-refractivity contribution in [2.24, 2.45) is 11.7 Å². The minimum absolute atomic E-state index is 0.229. The average molecular weight is 222 g/mol. The molecule has 14 heavy (non-hydrogen) atoms. The fraction of sp³-hybridized carbons (Fsp3) is 1.00. The van der Waals surface area contributed by atoms with E-state index in [0.29, 0.717) is 12.5 Å². The summed E-state index contributed by atoms with van der Waals surface area (Å²) in [6.45, 7) is 0.581. The second-order valence-electron chi connectivity index (χ2n) is 3.73. The van der Waals surface area contributed by atoms with Crippen molar-refractivity contribution in [3.63, 3.8) is 0 Å². The first-order valence-electron chi connectivity index (χ1n) is 4.76. The lowest BCUT2D eigenvalue weighted by molar-refractivity contribution is 0.177. The van der Waals surface area contributed by atoms with Crippen molar-refractivity contribution < 1.29 is 13.2 Å². The van der Waals surface area contributed by atoms with Gasteiger partial charge in [-0.15, -0.1) is 0 Å². The molecular weight excluding hydrogens is 204 g/mol. The second-order valence-corrected chi connectivity index (χ2v) is 5.53. The summed E-state index contributed by atoms with van der Waals surface area (Å²) in [5.74, 6) is 0.584. The van der Waals surface area contributed by atoms with Gasteiger partial charge >= 0.3 is 0 Å². The standard InChI is InChI=1S/C8H18N2O3S/c1-13-5-8(4-9)10-14(11,12)6-7-2-3-7/h7-8,10H,2-6,9H2,1H3. The van der Waals surface area contributed by atoms with Gasteiger partial charge in [0, 0.05) is 13.7 Å². The van der Waals surface area contributed by atoms with Crippen LogP contribution in [0.2, 0.25) is 0 Å². The Balaban J connectivity index is 2.38. The Morgan fingerprint density at radius 1 is 1.57 bits per heavy atom. The van der Waals surface area contributed by atoms with E-state index >= 15 is 0 Å². The van der Waals surface area contributed by atoms with E-state index in [1.165, 1.54) is 7.11 Å². The molecule has 0 aromatic rings. The lowest BCUT2D eigenvalue weighted by Crippen LogP contribution is -2.44. The molecule has 1 aliphatic rings. The molecule has 84 valence electrons. The van der Waals surface area contributed by atoms with Crippen molar-refractivity contribution in [1.29, 1.82) is 0 Å². The summed E-state index contributed by atoms with van der Waals surface area (Å²) in [6, 6.07) is -0.302. The zero-order chi connectivity index (χ0) is 10.6. The topological polar surface area (TPSA) is 81.4 Å². The number of hydrogen-bond acceptors (Lipinski definition) is 4. The highest BCUT2D eigenvalue weighted by Gasteiger charge is 2.29. The van der Waals surface area contributed by atoms with Crippen LogP contribution in [-0.4, -0.2) is 40.5 Å². The molecule has 1 rings (SSSR count). The molecule has 3 N–H and O–H groups in total. The predicted molar refractivity (Wildman–Crippen MR) is 54.4 cm³/mol. The highest BCUT2D eigenvalue weighted by molar-refractivity contribution is 7.89. The number of hydrogen-bond donors (Lipinski definition) is 2. The third kappa shape index (κ3) is 4.36. The molecule has 1 aliphatic carbocycles. The first-order valence-corrected chi connectivity index (χ1v) is 6.41. The van der Waals surface area contributed by atoms with Gasteiger partial charge in [0.2, 0.25) is 10.0 Å². The number of nitrogens with two attached hydrogens (primary N) is 1. The third-order valence-corrected chi connectivity index (χ3v) is 3.75. The van der Waals surface area contributed by atoms with Crippen LogP contribution < -0.4 is 10.5 Å². The summed E-state index contributed by atoms with van der Waals surface area (Å²) in [6.07, 6.45) is 2.05. The molecule has 0 amide bonds. The van der Waals surface area contributed by atoms with Gasteiger partial charge in [0.15, 0.2) is 0 Å². The zero-order valence-electron chi connectivity index (χ0n) is 8.40. The lowest BCUT2D eigenvalue weighted by Gasteiger charge is -2.15. The maximum atomic E-state index is 11.5. The van der Waals surface area contributed by atoms with Gasteiger partial charge in [-0.3, -0.25) is 0 Å². The summed E-state index contributed by atoms with van der Waals surface area (Å²) in [5, 5.41) is 0. The van der Waals surface area contributed by atoms with Crippen LogP contribution >= 0.6 is 0 Å². The normalized spacial score (nSPS) is 19.6. The fourth-order valence-corrected chi connectivity index (χ4v) is 2.97. The van der Waals surface area contributed by atoms with Gasteiger partial charge in [0.05, 0.1) is 18.4 Å². The van der Waals surface area contributed by atoms with Crippen LogP contribution in [0.1, 0.15) is 12.8 Å². The molecule has 1 fully saturated rings. The fourth-order valence-electron chi connectivity index (χ4n) is 1.25. The Morgan fingerprint density at radius 2 is 2.21 bits per heavy atom. The first kappa shape index (κ1) is 11.9. The molecule has 5 nitrogen and oxygen atoms in total. The molecule has 1 unspecified atom stereocenters. The van der Waals surface area contributed by atoms with E-state index in [0.717, 1.165) is 12.8 Å². The van der Waals surface area contributed by atoms with Crippen LogP contribution in [0.5, 0.6) is 0 Å². The third-order valence-electron chi connectivity index (χ3n) is 2.15.